The lowest BCUT2D eigenvalue weighted by Crippen LogP contribution is -2.15. The number of nitrogens with one attached hydrogen (secondary N) is 1. The lowest BCUT2D eigenvalue weighted by Gasteiger charge is -2.17. The highest BCUT2D eigenvalue weighted by Gasteiger charge is 2.17. The molecule has 2 aromatic carbocycles. The molecule has 4 rings (SSSR count). The van der Waals surface area contributed by atoms with Gasteiger partial charge in [0.2, 0.25) is 0 Å². The van der Waals surface area contributed by atoms with Gasteiger partial charge >= 0.3 is 6.01 Å². The Hall–Kier alpha value is -3.75. The number of methoxy groups -OCH3 is 1. The van der Waals surface area contributed by atoms with Crippen molar-refractivity contribution in [2.45, 2.75) is 0 Å². The maximum absolute atomic E-state index is 14.3. The fraction of sp³-hybridized carbons (Fsp3) is 0.200. The Labute approximate surface area is 165 Å². The lowest BCUT2D eigenvalue weighted by atomic mass is 10.1. The molecule has 0 radical (unpaired) electrons. The zero-order valence-electron chi connectivity index (χ0n) is 16.4. The Morgan fingerprint density at radius 2 is 2.03 bits per heavy atom. The number of ether oxygens (including phenoxy) is 1. The molecule has 0 bridgehead atoms. The smallest absolute Gasteiger partial charge is 0.316 e. The highest BCUT2D eigenvalue weighted by atomic mass is 19.1. The van der Waals surface area contributed by atoms with E-state index >= 15 is 0 Å². The molecule has 2 heterocycles. The van der Waals surface area contributed by atoms with Gasteiger partial charge in [-0.3, -0.25) is 9.48 Å². The molecule has 4 aromatic rings. The third-order valence-corrected chi connectivity index (χ3v) is 4.55. The van der Waals surface area contributed by atoms with Crippen LogP contribution < -0.4 is 15.0 Å². The molecule has 0 fully saturated rings. The molecule has 0 unspecified atom stereocenters. The first-order valence-corrected chi connectivity index (χ1v) is 8.82. The van der Waals surface area contributed by atoms with Crippen LogP contribution in [0.2, 0.25) is 0 Å². The first-order chi connectivity index (χ1) is 13.9. The number of carbonyl (C=O) groups is 1. The van der Waals surface area contributed by atoms with E-state index in [2.05, 4.69) is 20.4 Å². The van der Waals surface area contributed by atoms with Crippen LogP contribution in [-0.4, -0.2) is 46.9 Å². The third-order valence-electron chi connectivity index (χ3n) is 4.55. The highest BCUT2D eigenvalue weighted by Crippen LogP contribution is 2.29. The van der Waals surface area contributed by atoms with Gasteiger partial charge in [0.05, 0.1) is 18.2 Å². The molecule has 8 nitrogen and oxygen atoms in total. The molecular weight excluding hydrogens is 375 g/mol. The summed E-state index contributed by atoms with van der Waals surface area (Å²) in [6, 6.07) is 6.58. The van der Waals surface area contributed by atoms with Crippen LogP contribution in [0, 0.1) is 5.82 Å². The Morgan fingerprint density at radius 3 is 2.76 bits per heavy atom. The van der Waals surface area contributed by atoms with Crippen molar-refractivity contribution in [3.8, 4) is 6.01 Å². The van der Waals surface area contributed by atoms with E-state index in [1.807, 2.05) is 25.1 Å². The Balaban J connectivity index is 1.78. The molecule has 1 N–H and O–H groups in total. The minimum absolute atomic E-state index is 0.158. The van der Waals surface area contributed by atoms with Crippen LogP contribution in [-0.2, 0) is 7.05 Å². The summed E-state index contributed by atoms with van der Waals surface area (Å²) in [5.41, 5.74) is 2.23. The molecule has 0 spiro atoms. The van der Waals surface area contributed by atoms with Gasteiger partial charge in [-0.05, 0) is 24.3 Å². The minimum atomic E-state index is -0.504. The molecule has 1 amide bonds. The first kappa shape index (κ1) is 18.6. The predicted molar refractivity (Wildman–Crippen MR) is 109 cm³/mol. The summed E-state index contributed by atoms with van der Waals surface area (Å²) >= 11 is 0. The molecule has 9 heteroatoms. The van der Waals surface area contributed by atoms with Crippen LogP contribution in [0.15, 0.2) is 36.7 Å². The quantitative estimate of drug-likeness (QED) is 0.573. The van der Waals surface area contributed by atoms with Crippen molar-refractivity contribution < 1.29 is 13.9 Å². The molecule has 0 aliphatic heterocycles. The molecule has 0 aliphatic carbocycles. The third kappa shape index (κ3) is 3.31. The number of rotatable bonds is 4. The van der Waals surface area contributed by atoms with Gasteiger partial charge in [-0.25, -0.2) is 9.37 Å². The maximum Gasteiger partial charge on any atom is 0.316 e. The number of anilines is 2. The normalized spacial score (nSPS) is 11.1. The van der Waals surface area contributed by atoms with Gasteiger partial charge in [0.25, 0.3) is 5.91 Å². The predicted octanol–water partition coefficient (Wildman–Crippen LogP) is 2.98. The summed E-state index contributed by atoms with van der Waals surface area (Å²) in [7, 11) is 6.96. The van der Waals surface area contributed by atoms with Gasteiger partial charge in [0.1, 0.15) is 5.52 Å². The van der Waals surface area contributed by atoms with Crippen LogP contribution in [0.4, 0.5) is 15.8 Å². The molecule has 0 aliphatic rings. The second-order valence-corrected chi connectivity index (χ2v) is 6.80. The number of fused-ring (bicyclic) bond motifs is 2. The number of nitrogens with zero attached hydrogens (tertiary/aromatic N) is 5. The zero-order valence-corrected chi connectivity index (χ0v) is 16.4. The number of carbonyl (C=O) groups excluding carboxylic acids is 1. The topological polar surface area (TPSA) is 85.2 Å². The molecule has 2 aromatic heterocycles. The van der Waals surface area contributed by atoms with Gasteiger partial charge in [-0.15, -0.1) is 0 Å². The standard InChI is InChI=1S/C20H19FN6O2/c1-26(2)16-6-5-13(18-14(16)9-22-20(24-18)29-4)19(28)23-12-7-11-10-27(3)25-17(11)15(21)8-12/h5-10H,1-4H3,(H,23,28). The van der Waals surface area contributed by atoms with E-state index in [9.17, 15) is 9.18 Å². The number of hydrogen-bond acceptors (Lipinski definition) is 6. The van der Waals surface area contributed by atoms with Gasteiger partial charge < -0.3 is 15.0 Å². The average molecular weight is 394 g/mol. The molecule has 148 valence electrons. The second kappa shape index (κ2) is 7.01. The summed E-state index contributed by atoms with van der Waals surface area (Å²) in [4.78, 5) is 23.4. The number of aromatic nitrogens is 4. The summed E-state index contributed by atoms with van der Waals surface area (Å²) in [6.07, 6.45) is 3.31. The van der Waals surface area contributed by atoms with E-state index in [-0.39, 0.29) is 11.5 Å². The van der Waals surface area contributed by atoms with Crippen molar-refractivity contribution in [1.29, 1.82) is 0 Å². The molecule has 0 saturated heterocycles. The second-order valence-electron chi connectivity index (χ2n) is 6.80. The monoisotopic (exact) mass is 394 g/mol. The fourth-order valence-electron chi connectivity index (χ4n) is 3.24. The van der Waals surface area contributed by atoms with E-state index in [1.54, 1.807) is 31.6 Å². The van der Waals surface area contributed by atoms with Crippen molar-refractivity contribution in [2.75, 3.05) is 31.4 Å². The van der Waals surface area contributed by atoms with Crippen molar-refractivity contribution in [1.82, 2.24) is 19.7 Å². The average Bonchev–Trinajstić information content (AvgIpc) is 3.07. The zero-order chi connectivity index (χ0) is 20.7. The van der Waals surface area contributed by atoms with E-state index in [1.165, 1.54) is 17.9 Å². The number of amides is 1. The van der Waals surface area contributed by atoms with Crippen molar-refractivity contribution >= 4 is 39.1 Å². The van der Waals surface area contributed by atoms with E-state index in [0.717, 1.165) is 5.69 Å². The van der Waals surface area contributed by atoms with Crippen LogP contribution in [0.25, 0.3) is 21.8 Å². The first-order valence-electron chi connectivity index (χ1n) is 8.82. The van der Waals surface area contributed by atoms with Gasteiger partial charge in [0, 0.05) is 55.7 Å². The summed E-state index contributed by atoms with van der Waals surface area (Å²) in [5.74, 6) is -0.918. The summed E-state index contributed by atoms with van der Waals surface area (Å²) in [6.45, 7) is 0. The maximum atomic E-state index is 14.3. The van der Waals surface area contributed by atoms with E-state index in [4.69, 9.17) is 4.74 Å². The lowest BCUT2D eigenvalue weighted by molar-refractivity contribution is 0.102. The number of halogens is 1. The highest BCUT2D eigenvalue weighted by molar-refractivity contribution is 6.14. The summed E-state index contributed by atoms with van der Waals surface area (Å²) in [5, 5.41) is 8.12. The van der Waals surface area contributed by atoms with E-state index < -0.39 is 11.7 Å². The van der Waals surface area contributed by atoms with Gasteiger partial charge in [0.15, 0.2) is 5.82 Å². The number of hydrogen-bond donors (Lipinski definition) is 1. The van der Waals surface area contributed by atoms with Crippen LogP contribution in [0.3, 0.4) is 0 Å². The molecule has 0 atom stereocenters. The number of benzene rings is 2. The van der Waals surface area contributed by atoms with Crippen molar-refractivity contribution in [3.63, 3.8) is 0 Å². The molecule has 29 heavy (non-hydrogen) atoms. The van der Waals surface area contributed by atoms with Gasteiger partial charge in [-0.1, -0.05) is 0 Å². The van der Waals surface area contributed by atoms with Crippen molar-refractivity contribution in [3.05, 3.63) is 48.0 Å². The van der Waals surface area contributed by atoms with Crippen LogP contribution in [0.1, 0.15) is 10.4 Å². The van der Waals surface area contributed by atoms with Gasteiger partial charge in [-0.2, -0.15) is 10.1 Å². The number of aryl methyl sites for hydroxylation is 1. The molecule has 0 saturated carbocycles. The Kier molecular flexibility index (Phi) is 4.50. The molecular formula is C20H19FN6O2. The Morgan fingerprint density at radius 1 is 1.24 bits per heavy atom. The van der Waals surface area contributed by atoms with Crippen LogP contribution >= 0.6 is 0 Å². The van der Waals surface area contributed by atoms with Crippen LogP contribution in [0.5, 0.6) is 6.01 Å². The fourth-order valence-corrected chi connectivity index (χ4v) is 3.24. The minimum Gasteiger partial charge on any atom is -0.467 e. The Bertz CT molecular complexity index is 1250. The largest absolute Gasteiger partial charge is 0.467 e. The van der Waals surface area contributed by atoms with Crippen molar-refractivity contribution in [2.24, 2.45) is 7.05 Å². The SMILES string of the molecule is COc1ncc2c(N(C)C)ccc(C(=O)Nc3cc(F)c4nn(C)cc4c3)c2n1. The summed E-state index contributed by atoms with van der Waals surface area (Å²) < 4.78 is 21.0. The van der Waals surface area contributed by atoms with E-state index in [0.29, 0.717) is 27.5 Å².